The SMILES string of the molecule is O=C(Nc1ccccc1C(=O)OCc1ccc(F)cc1Cl)c1ccco1. The van der Waals surface area contributed by atoms with Crippen molar-refractivity contribution in [3.63, 3.8) is 0 Å². The standard InChI is InChI=1S/C19H13ClFNO4/c20-15-10-13(21)8-7-12(15)11-26-19(24)14-4-1-2-5-16(14)22-18(23)17-6-3-9-25-17/h1-10H,11H2,(H,22,23). The molecule has 1 heterocycles. The van der Waals surface area contributed by atoms with E-state index in [2.05, 4.69) is 5.32 Å². The molecule has 0 unspecified atom stereocenters. The second-order valence-electron chi connectivity index (χ2n) is 5.29. The number of anilines is 1. The second-order valence-corrected chi connectivity index (χ2v) is 5.70. The summed E-state index contributed by atoms with van der Waals surface area (Å²) in [5.74, 6) is -1.50. The van der Waals surface area contributed by atoms with E-state index in [1.807, 2.05) is 0 Å². The second kappa shape index (κ2) is 7.84. The Morgan fingerprint density at radius 3 is 2.65 bits per heavy atom. The molecule has 0 atom stereocenters. The van der Waals surface area contributed by atoms with Crippen molar-refractivity contribution >= 4 is 29.2 Å². The molecule has 0 saturated carbocycles. The summed E-state index contributed by atoms with van der Waals surface area (Å²) in [6.45, 7) is -0.127. The highest BCUT2D eigenvalue weighted by Crippen LogP contribution is 2.21. The van der Waals surface area contributed by atoms with E-state index in [4.69, 9.17) is 20.8 Å². The van der Waals surface area contributed by atoms with Crippen molar-refractivity contribution in [2.45, 2.75) is 6.61 Å². The lowest BCUT2D eigenvalue weighted by Gasteiger charge is -2.11. The molecule has 5 nitrogen and oxygen atoms in total. The molecule has 7 heteroatoms. The number of hydrogen-bond donors (Lipinski definition) is 1. The van der Waals surface area contributed by atoms with Crippen molar-refractivity contribution in [3.05, 3.63) is 88.6 Å². The van der Waals surface area contributed by atoms with E-state index in [1.54, 1.807) is 24.3 Å². The number of ether oxygens (including phenoxy) is 1. The van der Waals surface area contributed by atoms with Crippen molar-refractivity contribution < 1.29 is 23.1 Å². The topological polar surface area (TPSA) is 68.5 Å². The van der Waals surface area contributed by atoms with E-state index in [0.29, 0.717) is 5.56 Å². The third-order valence-corrected chi connectivity index (χ3v) is 3.87. The Hall–Kier alpha value is -3.12. The van der Waals surface area contributed by atoms with Crippen molar-refractivity contribution in [3.8, 4) is 0 Å². The number of carbonyl (C=O) groups is 2. The molecule has 2 aromatic carbocycles. The molecule has 132 valence electrons. The van der Waals surface area contributed by atoms with Gasteiger partial charge in [-0.2, -0.15) is 0 Å². The van der Waals surface area contributed by atoms with Crippen LogP contribution < -0.4 is 5.32 Å². The van der Waals surface area contributed by atoms with Gasteiger partial charge in [-0.3, -0.25) is 4.79 Å². The fourth-order valence-corrected chi connectivity index (χ4v) is 2.44. The van der Waals surface area contributed by atoms with Crippen LogP contribution in [0, 0.1) is 5.82 Å². The molecule has 1 aromatic heterocycles. The largest absolute Gasteiger partial charge is 0.459 e. The van der Waals surface area contributed by atoms with Crippen LogP contribution in [0.1, 0.15) is 26.5 Å². The smallest absolute Gasteiger partial charge is 0.340 e. The van der Waals surface area contributed by atoms with Gasteiger partial charge < -0.3 is 14.5 Å². The Kier molecular flexibility index (Phi) is 5.34. The lowest BCUT2D eigenvalue weighted by molar-refractivity contribution is 0.0474. The zero-order valence-electron chi connectivity index (χ0n) is 13.4. The van der Waals surface area contributed by atoms with Gasteiger partial charge in [0, 0.05) is 5.56 Å². The average molecular weight is 374 g/mol. The third-order valence-electron chi connectivity index (χ3n) is 3.51. The molecule has 0 aliphatic heterocycles. The summed E-state index contributed by atoms with van der Waals surface area (Å²) < 4.78 is 23.3. The molecular formula is C19H13ClFNO4. The Balaban J connectivity index is 1.72. The van der Waals surface area contributed by atoms with Gasteiger partial charge in [0.25, 0.3) is 5.91 Å². The lowest BCUT2D eigenvalue weighted by atomic mass is 10.1. The molecule has 0 aliphatic carbocycles. The Labute approximate surface area is 153 Å². The van der Waals surface area contributed by atoms with Crippen LogP contribution in [0.3, 0.4) is 0 Å². The first kappa shape index (κ1) is 17.7. The van der Waals surface area contributed by atoms with Gasteiger partial charge in [-0.1, -0.05) is 29.8 Å². The van der Waals surface area contributed by atoms with Crippen LogP contribution in [-0.2, 0) is 11.3 Å². The van der Waals surface area contributed by atoms with E-state index in [9.17, 15) is 14.0 Å². The molecule has 0 radical (unpaired) electrons. The fraction of sp³-hybridized carbons (Fsp3) is 0.0526. The number of halogens is 2. The number of hydrogen-bond acceptors (Lipinski definition) is 4. The van der Waals surface area contributed by atoms with Crippen LogP contribution >= 0.6 is 11.6 Å². The number of benzene rings is 2. The molecule has 0 aliphatic rings. The van der Waals surface area contributed by atoms with Gasteiger partial charge in [0.05, 0.1) is 22.5 Å². The van der Waals surface area contributed by atoms with Crippen LogP contribution in [0.2, 0.25) is 5.02 Å². The van der Waals surface area contributed by atoms with Crippen LogP contribution in [0.5, 0.6) is 0 Å². The Bertz CT molecular complexity index is 940. The minimum absolute atomic E-state index is 0.117. The molecule has 1 amide bonds. The molecular weight excluding hydrogens is 361 g/mol. The van der Waals surface area contributed by atoms with Crippen LogP contribution in [0.15, 0.2) is 65.3 Å². The molecule has 0 saturated heterocycles. The molecule has 3 rings (SSSR count). The first-order chi connectivity index (χ1) is 12.5. The van der Waals surface area contributed by atoms with Gasteiger partial charge in [0.2, 0.25) is 0 Å². The van der Waals surface area contributed by atoms with Crippen molar-refractivity contribution in [1.82, 2.24) is 0 Å². The van der Waals surface area contributed by atoms with E-state index in [1.165, 1.54) is 30.5 Å². The molecule has 0 bridgehead atoms. The average Bonchev–Trinajstić information content (AvgIpc) is 3.16. The number of furan rings is 1. The molecule has 26 heavy (non-hydrogen) atoms. The predicted octanol–water partition coefficient (Wildman–Crippen LogP) is 4.68. The molecule has 0 spiro atoms. The quantitative estimate of drug-likeness (QED) is 0.659. The highest BCUT2D eigenvalue weighted by molar-refractivity contribution is 6.31. The van der Waals surface area contributed by atoms with E-state index in [-0.39, 0.29) is 28.6 Å². The van der Waals surface area contributed by atoms with E-state index < -0.39 is 17.7 Å². The summed E-state index contributed by atoms with van der Waals surface area (Å²) in [5, 5.41) is 2.77. The summed E-state index contributed by atoms with van der Waals surface area (Å²) in [4.78, 5) is 24.5. The van der Waals surface area contributed by atoms with Gasteiger partial charge in [0.1, 0.15) is 12.4 Å². The van der Waals surface area contributed by atoms with Gasteiger partial charge in [-0.05, 0) is 36.4 Å². The number of nitrogens with one attached hydrogen (secondary N) is 1. The lowest BCUT2D eigenvalue weighted by Crippen LogP contribution is -2.15. The number of esters is 1. The zero-order valence-corrected chi connectivity index (χ0v) is 14.1. The van der Waals surface area contributed by atoms with Gasteiger partial charge in [0.15, 0.2) is 5.76 Å². The van der Waals surface area contributed by atoms with E-state index in [0.717, 1.165) is 6.07 Å². The number of rotatable bonds is 5. The van der Waals surface area contributed by atoms with Crippen molar-refractivity contribution in [2.75, 3.05) is 5.32 Å². The third kappa shape index (κ3) is 4.10. The fourth-order valence-electron chi connectivity index (χ4n) is 2.22. The highest BCUT2D eigenvalue weighted by atomic mass is 35.5. The normalized spacial score (nSPS) is 10.4. The summed E-state index contributed by atoms with van der Waals surface area (Å²) in [5.41, 5.74) is 0.924. The summed E-state index contributed by atoms with van der Waals surface area (Å²) in [7, 11) is 0. The summed E-state index contributed by atoms with van der Waals surface area (Å²) in [6, 6.07) is 13.3. The van der Waals surface area contributed by atoms with Crippen LogP contribution in [-0.4, -0.2) is 11.9 Å². The maximum absolute atomic E-state index is 13.1. The van der Waals surface area contributed by atoms with Crippen molar-refractivity contribution in [2.24, 2.45) is 0 Å². The van der Waals surface area contributed by atoms with Gasteiger partial charge in [-0.15, -0.1) is 0 Å². The maximum Gasteiger partial charge on any atom is 0.340 e. The first-order valence-electron chi connectivity index (χ1n) is 7.59. The van der Waals surface area contributed by atoms with Crippen LogP contribution in [0.4, 0.5) is 10.1 Å². The Morgan fingerprint density at radius 2 is 1.92 bits per heavy atom. The zero-order chi connectivity index (χ0) is 18.5. The summed E-state index contributed by atoms with van der Waals surface area (Å²) >= 11 is 5.92. The van der Waals surface area contributed by atoms with Gasteiger partial charge in [-0.25, -0.2) is 9.18 Å². The monoisotopic (exact) mass is 373 g/mol. The molecule has 1 N–H and O–H groups in total. The molecule has 3 aromatic rings. The minimum Gasteiger partial charge on any atom is -0.459 e. The highest BCUT2D eigenvalue weighted by Gasteiger charge is 2.17. The van der Waals surface area contributed by atoms with Crippen LogP contribution in [0.25, 0.3) is 0 Å². The number of para-hydroxylation sites is 1. The Morgan fingerprint density at radius 1 is 1.12 bits per heavy atom. The number of amides is 1. The van der Waals surface area contributed by atoms with Crippen molar-refractivity contribution in [1.29, 1.82) is 0 Å². The summed E-state index contributed by atoms with van der Waals surface area (Å²) in [6.07, 6.45) is 1.38. The van der Waals surface area contributed by atoms with Gasteiger partial charge >= 0.3 is 5.97 Å². The number of carbonyl (C=O) groups excluding carboxylic acids is 2. The first-order valence-corrected chi connectivity index (χ1v) is 7.97. The maximum atomic E-state index is 13.1. The predicted molar refractivity (Wildman–Crippen MR) is 93.6 cm³/mol. The molecule has 0 fully saturated rings. The minimum atomic E-state index is -0.652. The van der Waals surface area contributed by atoms with E-state index >= 15 is 0 Å².